The van der Waals surface area contributed by atoms with Gasteiger partial charge in [0.25, 0.3) is 0 Å². The Bertz CT molecular complexity index is 285. The number of carboxylic acids is 1. The van der Waals surface area contributed by atoms with Crippen molar-refractivity contribution in [1.29, 1.82) is 0 Å². The van der Waals surface area contributed by atoms with Crippen LogP contribution in [0.15, 0.2) is 0 Å². The van der Waals surface area contributed by atoms with Gasteiger partial charge in [-0.15, -0.1) is 0 Å². The average Bonchev–Trinajstić information content (AvgIpc) is 2.94. The molecule has 0 aromatic rings. The van der Waals surface area contributed by atoms with Crippen LogP contribution in [0.5, 0.6) is 0 Å². The van der Waals surface area contributed by atoms with Crippen molar-refractivity contribution in [1.82, 2.24) is 10.2 Å². The normalized spacial score (nSPS) is 20.0. The topological polar surface area (TPSA) is 69.6 Å². The summed E-state index contributed by atoms with van der Waals surface area (Å²) in [5.41, 5.74) is 0. The van der Waals surface area contributed by atoms with Gasteiger partial charge in [0.05, 0.1) is 0 Å². The van der Waals surface area contributed by atoms with Crippen LogP contribution in [-0.4, -0.2) is 41.1 Å². The van der Waals surface area contributed by atoms with Gasteiger partial charge in [0.15, 0.2) is 0 Å². The van der Waals surface area contributed by atoms with E-state index in [4.69, 9.17) is 5.11 Å². The number of urea groups is 1. The van der Waals surface area contributed by atoms with Crippen molar-refractivity contribution in [3.05, 3.63) is 0 Å². The highest BCUT2D eigenvalue weighted by Crippen LogP contribution is 2.27. The highest BCUT2D eigenvalue weighted by atomic mass is 16.4. The number of hydrogen-bond acceptors (Lipinski definition) is 2. The number of nitrogens with one attached hydrogen (secondary N) is 1. The zero-order valence-electron chi connectivity index (χ0n) is 9.32. The number of amides is 2. The summed E-state index contributed by atoms with van der Waals surface area (Å²) in [5.74, 6) is -0.333. The quantitative estimate of drug-likeness (QED) is 0.736. The lowest BCUT2D eigenvalue weighted by atomic mass is 9.85. The molecule has 16 heavy (non-hydrogen) atoms. The molecule has 0 bridgehead atoms. The Labute approximate surface area is 94.8 Å². The van der Waals surface area contributed by atoms with Crippen LogP contribution < -0.4 is 5.32 Å². The average molecular weight is 226 g/mol. The first kappa shape index (κ1) is 11.2. The Morgan fingerprint density at radius 1 is 1.25 bits per heavy atom. The van der Waals surface area contributed by atoms with Crippen LogP contribution in [-0.2, 0) is 4.79 Å². The Morgan fingerprint density at radius 2 is 1.94 bits per heavy atom. The molecule has 2 aliphatic rings. The first-order valence-corrected chi connectivity index (χ1v) is 5.93. The molecule has 0 spiro atoms. The lowest BCUT2D eigenvalue weighted by molar-refractivity contribution is -0.137. The number of hydrogen-bond donors (Lipinski definition) is 2. The highest BCUT2D eigenvalue weighted by molar-refractivity contribution is 5.80. The molecule has 5 heteroatoms. The summed E-state index contributed by atoms with van der Waals surface area (Å²) >= 11 is 0. The molecule has 0 aromatic heterocycles. The van der Waals surface area contributed by atoms with Crippen molar-refractivity contribution >= 4 is 12.0 Å². The van der Waals surface area contributed by atoms with Crippen LogP contribution >= 0.6 is 0 Å². The first-order valence-electron chi connectivity index (χ1n) is 5.93. The third-order valence-electron chi connectivity index (χ3n) is 3.32. The number of aliphatic carboxylic acids is 1. The number of nitrogens with zero attached hydrogens (tertiary/aromatic N) is 1. The molecule has 2 amide bonds. The SMILES string of the molecule is O=C(O)CN(C(=O)NCC1CCC1)C1CC1. The zero-order valence-corrected chi connectivity index (χ0v) is 9.32. The predicted molar refractivity (Wildman–Crippen MR) is 58.1 cm³/mol. The molecule has 0 radical (unpaired) electrons. The fourth-order valence-electron chi connectivity index (χ4n) is 1.93. The molecule has 0 aliphatic heterocycles. The lowest BCUT2D eigenvalue weighted by Crippen LogP contribution is -2.46. The summed E-state index contributed by atoms with van der Waals surface area (Å²) in [6.45, 7) is 0.517. The second-order valence-electron chi connectivity index (χ2n) is 4.74. The molecule has 2 rings (SSSR count). The van der Waals surface area contributed by atoms with Gasteiger partial charge in [-0.25, -0.2) is 4.79 Å². The van der Waals surface area contributed by atoms with Crippen molar-refractivity contribution in [2.45, 2.75) is 38.1 Å². The standard InChI is InChI=1S/C11H18N2O3/c14-10(15)7-13(9-4-5-9)11(16)12-6-8-2-1-3-8/h8-9H,1-7H2,(H,12,16)(H,14,15). The zero-order chi connectivity index (χ0) is 11.5. The number of carbonyl (C=O) groups is 2. The van der Waals surface area contributed by atoms with Gasteiger partial charge in [0.2, 0.25) is 0 Å². The summed E-state index contributed by atoms with van der Waals surface area (Å²) in [4.78, 5) is 23.8. The van der Waals surface area contributed by atoms with E-state index in [1.807, 2.05) is 0 Å². The summed E-state index contributed by atoms with van der Waals surface area (Å²) in [6.07, 6.45) is 5.49. The molecular weight excluding hydrogens is 208 g/mol. The molecule has 0 unspecified atom stereocenters. The number of rotatable bonds is 5. The predicted octanol–water partition coefficient (Wildman–Crippen LogP) is 1.05. The molecule has 90 valence electrons. The Balaban J connectivity index is 1.76. The van der Waals surface area contributed by atoms with Gasteiger partial charge in [0.1, 0.15) is 6.54 Å². The minimum Gasteiger partial charge on any atom is -0.480 e. The van der Waals surface area contributed by atoms with Crippen LogP contribution in [0.25, 0.3) is 0 Å². The Morgan fingerprint density at radius 3 is 2.38 bits per heavy atom. The maximum Gasteiger partial charge on any atom is 0.323 e. The summed E-state index contributed by atoms with van der Waals surface area (Å²) in [6, 6.07) is -0.0608. The van der Waals surface area contributed by atoms with Gasteiger partial charge in [-0.05, 0) is 31.6 Å². The van der Waals surface area contributed by atoms with E-state index >= 15 is 0 Å². The van der Waals surface area contributed by atoms with Crippen LogP contribution in [0.3, 0.4) is 0 Å². The smallest absolute Gasteiger partial charge is 0.323 e. The molecule has 2 saturated carbocycles. The van der Waals surface area contributed by atoms with Crippen LogP contribution in [0, 0.1) is 5.92 Å². The maximum atomic E-state index is 11.8. The molecule has 0 heterocycles. The van der Waals surface area contributed by atoms with E-state index in [0.717, 1.165) is 12.8 Å². The van der Waals surface area contributed by atoms with Gasteiger partial charge in [0, 0.05) is 12.6 Å². The van der Waals surface area contributed by atoms with Crippen LogP contribution in [0.1, 0.15) is 32.1 Å². The fraction of sp³-hybridized carbons (Fsp3) is 0.818. The van der Waals surface area contributed by atoms with E-state index in [2.05, 4.69) is 5.32 Å². The molecule has 2 N–H and O–H groups in total. The highest BCUT2D eigenvalue weighted by Gasteiger charge is 2.34. The van der Waals surface area contributed by atoms with E-state index in [1.54, 1.807) is 0 Å². The van der Waals surface area contributed by atoms with E-state index < -0.39 is 5.97 Å². The minimum absolute atomic E-state index is 0.150. The molecule has 5 nitrogen and oxygen atoms in total. The van der Waals surface area contributed by atoms with Gasteiger partial charge in [-0.3, -0.25) is 4.79 Å². The van der Waals surface area contributed by atoms with Crippen LogP contribution in [0.4, 0.5) is 4.79 Å². The monoisotopic (exact) mass is 226 g/mol. The summed E-state index contributed by atoms with van der Waals surface area (Å²) < 4.78 is 0. The second-order valence-corrected chi connectivity index (χ2v) is 4.74. The molecule has 0 aromatic carbocycles. The van der Waals surface area contributed by atoms with E-state index in [1.165, 1.54) is 24.2 Å². The fourth-order valence-corrected chi connectivity index (χ4v) is 1.93. The molecular formula is C11H18N2O3. The number of carbonyl (C=O) groups excluding carboxylic acids is 1. The maximum absolute atomic E-state index is 11.8. The summed E-state index contributed by atoms with van der Waals surface area (Å²) in [7, 11) is 0. The molecule has 0 atom stereocenters. The van der Waals surface area contributed by atoms with Crippen molar-refractivity contribution in [2.24, 2.45) is 5.92 Å². The lowest BCUT2D eigenvalue weighted by Gasteiger charge is -2.27. The van der Waals surface area contributed by atoms with Gasteiger partial charge in [-0.2, -0.15) is 0 Å². The first-order chi connectivity index (χ1) is 7.66. The number of carboxylic acid groups (broad SMARTS) is 1. The van der Waals surface area contributed by atoms with Crippen molar-refractivity contribution < 1.29 is 14.7 Å². The van der Waals surface area contributed by atoms with Crippen molar-refractivity contribution in [3.8, 4) is 0 Å². The molecule has 0 saturated heterocycles. The van der Waals surface area contributed by atoms with Gasteiger partial charge in [-0.1, -0.05) is 6.42 Å². The third kappa shape index (κ3) is 2.87. The minimum atomic E-state index is -0.939. The Kier molecular flexibility index (Phi) is 3.31. The van der Waals surface area contributed by atoms with Crippen molar-refractivity contribution in [3.63, 3.8) is 0 Å². The van der Waals surface area contributed by atoms with E-state index in [9.17, 15) is 9.59 Å². The summed E-state index contributed by atoms with van der Waals surface area (Å²) in [5, 5.41) is 11.6. The second kappa shape index (κ2) is 4.72. The largest absolute Gasteiger partial charge is 0.480 e. The third-order valence-corrected chi connectivity index (χ3v) is 3.32. The van der Waals surface area contributed by atoms with E-state index in [0.29, 0.717) is 12.5 Å². The van der Waals surface area contributed by atoms with Crippen LogP contribution in [0.2, 0.25) is 0 Å². The van der Waals surface area contributed by atoms with Gasteiger partial charge >= 0.3 is 12.0 Å². The molecule has 2 fully saturated rings. The van der Waals surface area contributed by atoms with Gasteiger partial charge < -0.3 is 15.3 Å². The van der Waals surface area contributed by atoms with E-state index in [-0.39, 0.29) is 18.6 Å². The van der Waals surface area contributed by atoms with Crippen molar-refractivity contribution in [2.75, 3.05) is 13.1 Å². The Hall–Kier alpha value is -1.26. The molecule has 2 aliphatic carbocycles.